The minimum absolute atomic E-state index is 0.309. The molecule has 51 heavy (non-hydrogen) atoms. The largest absolute Gasteiger partial charge is 0.392 e. The van der Waals surface area contributed by atoms with Crippen molar-refractivity contribution in [2.75, 3.05) is 58.9 Å². The van der Waals surface area contributed by atoms with Crippen LogP contribution in [0.15, 0.2) is 0 Å². The van der Waals surface area contributed by atoms with Gasteiger partial charge in [0.2, 0.25) is 6.41 Å². The monoisotopic (exact) mass is 727 g/mol. The Labute approximate surface area is 317 Å². The summed E-state index contributed by atoms with van der Waals surface area (Å²) in [5, 5.41) is 38.5. The van der Waals surface area contributed by atoms with Crippen LogP contribution in [0.3, 0.4) is 0 Å². The third kappa shape index (κ3) is 37.3. The quantitative estimate of drug-likeness (QED) is 0.0317. The van der Waals surface area contributed by atoms with Crippen molar-refractivity contribution in [2.45, 2.75) is 212 Å². The minimum atomic E-state index is -0.475. The molecule has 0 aliphatic carbocycles. The molecule has 0 radical (unpaired) electrons. The van der Waals surface area contributed by atoms with Gasteiger partial charge in [0.05, 0.1) is 18.3 Å². The van der Waals surface area contributed by atoms with Crippen molar-refractivity contribution in [1.29, 1.82) is 0 Å². The van der Waals surface area contributed by atoms with E-state index in [0.717, 1.165) is 84.1 Å². The van der Waals surface area contributed by atoms with Gasteiger partial charge in [-0.2, -0.15) is 0 Å². The molecular weight excluding hydrogens is 636 g/mol. The molecule has 306 valence electrons. The minimum Gasteiger partial charge on any atom is -0.392 e. The standard InChI is InChI=1S/C43H90N4O4/c1-4-7-10-13-16-19-22-25-28-41(49)37-44-31-33-46(34-32-45-38-42(50)29-26-23-20-17-14-11-8-5-2)35-36-47(40-48)39-43(51)30-27-24-21-18-15-12-9-6-3/h40-45,49-51H,4-39H2,1-3H3. The lowest BCUT2D eigenvalue weighted by molar-refractivity contribution is -0.119. The van der Waals surface area contributed by atoms with E-state index in [9.17, 15) is 20.1 Å². The molecule has 8 nitrogen and oxygen atoms in total. The highest BCUT2D eigenvalue weighted by atomic mass is 16.3. The normalized spacial score (nSPS) is 13.5. The number of unbranched alkanes of at least 4 members (excludes halogenated alkanes) is 21. The Kier molecular flexibility index (Phi) is 39.8. The first-order chi connectivity index (χ1) is 25.0. The lowest BCUT2D eigenvalue weighted by atomic mass is 10.1. The zero-order valence-electron chi connectivity index (χ0n) is 34.4. The molecule has 0 saturated heterocycles. The summed E-state index contributed by atoms with van der Waals surface area (Å²) in [7, 11) is 0. The Morgan fingerprint density at radius 3 is 1.14 bits per heavy atom. The van der Waals surface area contributed by atoms with Crippen molar-refractivity contribution in [2.24, 2.45) is 0 Å². The van der Waals surface area contributed by atoms with Crippen LogP contribution in [0.4, 0.5) is 0 Å². The maximum absolute atomic E-state index is 11.9. The lowest BCUT2D eigenvalue weighted by Crippen LogP contribution is -2.44. The first kappa shape index (κ1) is 50.2. The zero-order chi connectivity index (χ0) is 37.5. The number of carbonyl (C=O) groups is 1. The molecule has 0 spiro atoms. The van der Waals surface area contributed by atoms with Gasteiger partial charge >= 0.3 is 0 Å². The van der Waals surface area contributed by atoms with E-state index in [4.69, 9.17) is 0 Å². The van der Waals surface area contributed by atoms with Crippen LogP contribution in [0, 0.1) is 0 Å². The maximum Gasteiger partial charge on any atom is 0.209 e. The van der Waals surface area contributed by atoms with E-state index in [1.54, 1.807) is 4.90 Å². The Morgan fingerprint density at radius 1 is 0.451 bits per heavy atom. The first-order valence-electron chi connectivity index (χ1n) is 22.3. The highest BCUT2D eigenvalue weighted by Gasteiger charge is 2.13. The Hall–Kier alpha value is -0.770. The van der Waals surface area contributed by atoms with Crippen molar-refractivity contribution in [3.63, 3.8) is 0 Å². The van der Waals surface area contributed by atoms with E-state index in [2.05, 4.69) is 36.3 Å². The molecule has 0 rings (SSSR count). The third-order valence-corrected chi connectivity index (χ3v) is 10.4. The van der Waals surface area contributed by atoms with Crippen molar-refractivity contribution in [3.8, 4) is 0 Å². The summed E-state index contributed by atoms with van der Waals surface area (Å²) in [5.41, 5.74) is 0. The van der Waals surface area contributed by atoms with Crippen molar-refractivity contribution < 1.29 is 20.1 Å². The number of aliphatic hydroxyl groups excluding tert-OH is 3. The van der Waals surface area contributed by atoms with Gasteiger partial charge < -0.3 is 30.9 Å². The van der Waals surface area contributed by atoms with Crippen LogP contribution >= 0.6 is 0 Å². The Morgan fingerprint density at radius 2 is 0.784 bits per heavy atom. The van der Waals surface area contributed by atoms with Gasteiger partial charge in [-0.15, -0.1) is 0 Å². The van der Waals surface area contributed by atoms with Crippen LogP contribution in [-0.2, 0) is 4.79 Å². The fraction of sp³-hybridized carbons (Fsp3) is 0.977. The number of nitrogens with zero attached hydrogens (tertiary/aromatic N) is 2. The summed E-state index contributed by atoms with van der Waals surface area (Å²) in [4.78, 5) is 16.0. The fourth-order valence-corrected chi connectivity index (χ4v) is 6.91. The van der Waals surface area contributed by atoms with Gasteiger partial charge in [0, 0.05) is 58.9 Å². The topological polar surface area (TPSA) is 108 Å². The van der Waals surface area contributed by atoms with Gasteiger partial charge in [-0.1, -0.05) is 175 Å². The highest BCUT2D eigenvalue weighted by molar-refractivity contribution is 5.47. The second kappa shape index (κ2) is 40.4. The lowest BCUT2D eigenvalue weighted by Gasteiger charge is -2.27. The average Bonchev–Trinajstić information content (AvgIpc) is 3.13. The smallest absolute Gasteiger partial charge is 0.209 e. The van der Waals surface area contributed by atoms with Crippen LogP contribution in [0.2, 0.25) is 0 Å². The molecule has 0 saturated carbocycles. The van der Waals surface area contributed by atoms with E-state index in [1.807, 2.05) is 0 Å². The summed E-state index contributed by atoms with van der Waals surface area (Å²) in [5.74, 6) is 0. The summed E-state index contributed by atoms with van der Waals surface area (Å²) in [6, 6.07) is 0. The molecule has 1 amide bonds. The average molecular weight is 727 g/mol. The molecular formula is C43H90N4O4. The molecule has 0 fully saturated rings. The predicted octanol–water partition coefficient (Wildman–Crippen LogP) is 8.60. The summed E-state index contributed by atoms with van der Waals surface area (Å²) in [6.07, 6.45) is 32.6. The molecule has 3 unspecified atom stereocenters. The maximum atomic E-state index is 11.9. The van der Waals surface area contributed by atoms with Crippen LogP contribution in [-0.4, -0.2) is 109 Å². The number of aliphatic hydroxyl groups is 3. The van der Waals surface area contributed by atoms with Crippen molar-refractivity contribution in [3.05, 3.63) is 0 Å². The molecule has 0 aromatic rings. The zero-order valence-corrected chi connectivity index (χ0v) is 34.4. The second-order valence-electron chi connectivity index (χ2n) is 15.6. The van der Waals surface area contributed by atoms with E-state index in [0.29, 0.717) is 26.2 Å². The van der Waals surface area contributed by atoms with Crippen LogP contribution in [0.25, 0.3) is 0 Å². The number of carbonyl (C=O) groups excluding carboxylic acids is 1. The van der Waals surface area contributed by atoms with Crippen molar-refractivity contribution >= 4 is 6.41 Å². The van der Waals surface area contributed by atoms with Gasteiger partial charge in [-0.3, -0.25) is 9.69 Å². The number of hydrogen-bond donors (Lipinski definition) is 5. The van der Waals surface area contributed by atoms with Crippen molar-refractivity contribution in [1.82, 2.24) is 20.4 Å². The summed E-state index contributed by atoms with van der Waals surface area (Å²) < 4.78 is 0. The van der Waals surface area contributed by atoms with Gasteiger partial charge in [0.25, 0.3) is 0 Å². The Bertz CT molecular complexity index is 654. The van der Waals surface area contributed by atoms with Crippen LogP contribution < -0.4 is 10.6 Å². The highest BCUT2D eigenvalue weighted by Crippen LogP contribution is 2.13. The fourth-order valence-electron chi connectivity index (χ4n) is 6.91. The van der Waals surface area contributed by atoms with Gasteiger partial charge in [0.15, 0.2) is 0 Å². The molecule has 0 heterocycles. The number of hydrogen-bond acceptors (Lipinski definition) is 7. The molecule has 0 aromatic heterocycles. The Balaban J connectivity index is 4.49. The number of rotatable bonds is 43. The van der Waals surface area contributed by atoms with E-state index < -0.39 is 6.10 Å². The van der Waals surface area contributed by atoms with Gasteiger partial charge in [-0.05, 0) is 19.3 Å². The van der Waals surface area contributed by atoms with E-state index in [-0.39, 0.29) is 12.2 Å². The predicted molar refractivity (Wildman–Crippen MR) is 220 cm³/mol. The summed E-state index contributed by atoms with van der Waals surface area (Å²) in [6.45, 7) is 12.9. The SMILES string of the molecule is CCCCCCCCCCC(O)CNCCN(CCNCC(O)CCCCCCCCCC)CCN(C=O)CC(O)CCCCCCCCCC. The second-order valence-corrected chi connectivity index (χ2v) is 15.6. The molecule has 8 heteroatoms. The molecule has 5 N–H and O–H groups in total. The van der Waals surface area contributed by atoms with Gasteiger partial charge in [-0.25, -0.2) is 0 Å². The van der Waals surface area contributed by atoms with Crippen LogP contribution in [0.1, 0.15) is 194 Å². The summed E-state index contributed by atoms with van der Waals surface area (Å²) >= 11 is 0. The number of amides is 1. The first-order valence-corrected chi connectivity index (χ1v) is 22.3. The molecule has 0 aliphatic heterocycles. The molecule has 0 aromatic carbocycles. The molecule has 3 atom stereocenters. The van der Waals surface area contributed by atoms with E-state index in [1.165, 1.54) is 128 Å². The molecule has 0 bridgehead atoms. The van der Waals surface area contributed by atoms with E-state index >= 15 is 0 Å². The van der Waals surface area contributed by atoms with Crippen LogP contribution in [0.5, 0.6) is 0 Å². The van der Waals surface area contributed by atoms with Gasteiger partial charge in [0.1, 0.15) is 0 Å². The number of nitrogens with one attached hydrogen (secondary N) is 2. The third-order valence-electron chi connectivity index (χ3n) is 10.4. The molecule has 0 aliphatic rings.